The lowest BCUT2D eigenvalue weighted by atomic mass is 9.64. The van der Waals surface area contributed by atoms with E-state index in [0.29, 0.717) is 22.6 Å². The van der Waals surface area contributed by atoms with Gasteiger partial charge in [0, 0.05) is 11.8 Å². The summed E-state index contributed by atoms with van der Waals surface area (Å²) in [6, 6.07) is 10.5. The van der Waals surface area contributed by atoms with Crippen molar-refractivity contribution in [1.29, 1.82) is 5.26 Å². The largest absolute Gasteiger partial charge is 0.489 e. The molecule has 1 N–H and O–H groups in total. The summed E-state index contributed by atoms with van der Waals surface area (Å²) in [5.74, 6) is -0.439. The summed E-state index contributed by atoms with van der Waals surface area (Å²) in [5.41, 5.74) is 2.19. The molecule has 0 bridgehead atoms. The highest BCUT2D eigenvalue weighted by atomic mass is 16.5. The predicted molar refractivity (Wildman–Crippen MR) is 107 cm³/mol. The van der Waals surface area contributed by atoms with Crippen molar-refractivity contribution in [2.75, 3.05) is 0 Å². The van der Waals surface area contributed by atoms with Gasteiger partial charge in [-0.05, 0) is 60.4 Å². The smallest absolute Gasteiger partial charge is 0.335 e. The van der Waals surface area contributed by atoms with Crippen molar-refractivity contribution in [3.05, 3.63) is 47.7 Å². The minimum absolute atomic E-state index is 0.0603. The first kappa shape index (κ1) is 19.9. The first-order valence-corrected chi connectivity index (χ1v) is 9.49. The topological polar surface area (TPSA) is 83.2 Å². The van der Waals surface area contributed by atoms with Crippen molar-refractivity contribution in [1.82, 2.24) is 4.98 Å². The zero-order valence-electron chi connectivity index (χ0n) is 16.8. The van der Waals surface area contributed by atoms with Gasteiger partial charge in [0.25, 0.3) is 0 Å². The van der Waals surface area contributed by atoms with E-state index in [2.05, 4.69) is 38.7 Å². The van der Waals surface area contributed by atoms with Crippen molar-refractivity contribution >= 4 is 5.97 Å². The van der Waals surface area contributed by atoms with Crippen LogP contribution < -0.4 is 4.74 Å². The first-order valence-electron chi connectivity index (χ1n) is 9.49. The van der Waals surface area contributed by atoms with Crippen LogP contribution in [-0.4, -0.2) is 22.2 Å². The first-order chi connectivity index (χ1) is 13.1. The van der Waals surface area contributed by atoms with Gasteiger partial charge in [0.2, 0.25) is 0 Å². The van der Waals surface area contributed by atoms with Gasteiger partial charge in [-0.3, -0.25) is 4.98 Å². The van der Waals surface area contributed by atoms with Crippen LogP contribution in [-0.2, 0) is 0 Å². The molecule has 5 heteroatoms. The van der Waals surface area contributed by atoms with E-state index >= 15 is 0 Å². The molecule has 2 aromatic rings. The molecule has 1 saturated carbocycles. The fraction of sp³-hybridized carbons (Fsp3) is 0.435. The molecule has 1 fully saturated rings. The molecule has 0 unspecified atom stereocenters. The number of pyridine rings is 1. The molecule has 146 valence electrons. The predicted octanol–water partition coefficient (Wildman–Crippen LogP) is 5.30. The maximum absolute atomic E-state index is 11.2. The van der Waals surface area contributed by atoms with E-state index in [1.807, 2.05) is 6.07 Å². The summed E-state index contributed by atoms with van der Waals surface area (Å²) in [6.07, 6.45) is 4.57. The molecule has 0 radical (unpaired) electrons. The third kappa shape index (κ3) is 4.51. The molecule has 3 rings (SSSR count). The Labute approximate surface area is 166 Å². The number of hydrogen-bond acceptors (Lipinski definition) is 4. The fourth-order valence-corrected chi connectivity index (χ4v) is 4.61. The van der Waals surface area contributed by atoms with Gasteiger partial charge in [-0.15, -0.1) is 0 Å². The number of hydrogen-bond donors (Lipinski definition) is 1. The van der Waals surface area contributed by atoms with Crippen molar-refractivity contribution < 1.29 is 14.6 Å². The quantitative estimate of drug-likeness (QED) is 0.780. The minimum Gasteiger partial charge on any atom is -0.489 e. The molecule has 1 heterocycles. The van der Waals surface area contributed by atoms with Crippen molar-refractivity contribution in [2.45, 2.75) is 53.1 Å². The standard InChI is InChI=1S/C23H26N2O3/c1-22(2)11-18(12-23(3,4)14-22)28-20-6-5-15(9-17(20)13-24)19-10-16(21(26)27)7-8-25-19/h5-10,18H,11-12,14H2,1-4H3,(H,26,27). The molecule has 1 aromatic carbocycles. The lowest BCUT2D eigenvalue weighted by molar-refractivity contribution is 0.0132. The van der Waals surface area contributed by atoms with Crippen LogP contribution in [0.5, 0.6) is 5.75 Å². The highest BCUT2D eigenvalue weighted by Gasteiger charge is 2.39. The summed E-state index contributed by atoms with van der Waals surface area (Å²) in [7, 11) is 0. The monoisotopic (exact) mass is 378 g/mol. The molecule has 0 aliphatic heterocycles. The van der Waals surface area contributed by atoms with Crippen LogP contribution in [0.1, 0.15) is 62.9 Å². The van der Waals surface area contributed by atoms with E-state index < -0.39 is 5.97 Å². The van der Waals surface area contributed by atoms with E-state index in [-0.39, 0.29) is 22.5 Å². The molecule has 1 aliphatic carbocycles. The molecular formula is C23H26N2O3. The van der Waals surface area contributed by atoms with Gasteiger partial charge in [-0.1, -0.05) is 27.7 Å². The van der Waals surface area contributed by atoms with Crippen molar-refractivity contribution in [3.63, 3.8) is 0 Å². The molecule has 0 amide bonds. The Hall–Kier alpha value is -2.87. The maximum atomic E-state index is 11.2. The van der Waals surface area contributed by atoms with Gasteiger partial charge in [0.1, 0.15) is 11.8 Å². The Balaban J connectivity index is 1.87. The number of nitrogens with zero attached hydrogens (tertiary/aromatic N) is 2. The number of benzene rings is 1. The molecular weight excluding hydrogens is 352 g/mol. The number of carboxylic acid groups (broad SMARTS) is 1. The van der Waals surface area contributed by atoms with Crippen LogP contribution in [0.2, 0.25) is 0 Å². The molecule has 5 nitrogen and oxygen atoms in total. The van der Waals surface area contributed by atoms with E-state index in [0.717, 1.165) is 19.3 Å². The molecule has 0 saturated heterocycles. The van der Waals surface area contributed by atoms with E-state index in [4.69, 9.17) is 9.84 Å². The summed E-state index contributed by atoms with van der Waals surface area (Å²) in [4.78, 5) is 15.4. The van der Waals surface area contributed by atoms with Crippen LogP contribution in [0.15, 0.2) is 36.5 Å². The van der Waals surface area contributed by atoms with Gasteiger partial charge in [-0.2, -0.15) is 5.26 Å². The average molecular weight is 378 g/mol. The number of carbonyl (C=O) groups is 1. The van der Waals surface area contributed by atoms with Gasteiger partial charge in [-0.25, -0.2) is 4.79 Å². The second-order valence-electron chi connectivity index (χ2n) is 9.21. The van der Waals surface area contributed by atoms with Crippen LogP contribution in [0.4, 0.5) is 0 Å². The van der Waals surface area contributed by atoms with Crippen LogP contribution in [0.3, 0.4) is 0 Å². The summed E-state index contributed by atoms with van der Waals surface area (Å²) in [5, 5.41) is 18.8. The average Bonchev–Trinajstić information content (AvgIpc) is 2.59. The molecule has 0 atom stereocenters. The third-order valence-corrected chi connectivity index (χ3v) is 5.21. The molecule has 1 aliphatic rings. The Bertz CT molecular complexity index is 925. The number of aromatic nitrogens is 1. The SMILES string of the molecule is CC1(C)CC(Oc2ccc(-c3cc(C(=O)O)ccn3)cc2C#N)CC(C)(C)C1. The number of rotatable bonds is 4. The normalized spacial score (nSPS) is 18.2. The van der Waals surface area contributed by atoms with E-state index in [1.54, 1.807) is 12.1 Å². The molecule has 1 aromatic heterocycles. The highest BCUT2D eigenvalue weighted by Crippen LogP contribution is 2.47. The number of carboxylic acids is 1. The number of nitriles is 1. The maximum Gasteiger partial charge on any atom is 0.335 e. The highest BCUT2D eigenvalue weighted by molar-refractivity contribution is 5.88. The Morgan fingerprint density at radius 1 is 1.18 bits per heavy atom. The van der Waals surface area contributed by atoms with E-state index in [1.165, 1.54) is 18.3 Å². The van der Waals surface area contributed by atoms with Crippen LogP contribution in [0.25, 0.3) is 11.3 Å². The van der Waals surface area contributed by atoms with Crippen molar-refractivity contribution in [2.24, 2.45) is 10.8 Å². The Kier molecular flexibility index (Phi) is 5.16. The Morgan fingerprint density at radius 2 is 1.86 bits per heavy atom. The van der Waals surface area contributed by atoms with Gasteiger partial charge in [0.15, 0.2) is 0 Å². The fourth-order valence-electron chi connectivity index (χ4n) is 4.61. The third-order valence-electron chi connectivity index (χ3n) is 5.21. The van der Waals surface area contributed by atoms with Gasteiger partial charge in [0.05, 0.1) is 22.9 Å². The minimum atomic E-state index is -1.01. The van der Waals surface area contributed by atoms with Gasteiger partial charge < -0.3 is 9.84 Å². The van der Waals surface area contributed by atoms with E-state index in [9.17, 15) is 10.1 Å². The molecule has 28 heavy (non-hydrogen) atoms. The summed E-state index contributed by atoms with van der Waals surface area (Å²) >= 11 is 0. The number of ether oxygens (including phenoxy) is 1. The van der Waals surface area contributed by atoms with Crippen molar-refractivity contribution in [3.8, 4) is 23.1 Å². The summed E-state index contributed by atoms with van der Waals surface area (Å²) < 4.78 is 6.26. The lowest BCUT2D eigenvalue weighted by Crippen LogP contribution is -2.39. The van der Waals surface area contributed by atoms with Gasteiger partial charge >= 0.3 is 5.97 Å². The molecule has 0 spiro atoms. The zero-order valence-corrected chi connectivity index (χ0v) is 16.8. The van der Waals surface area contributed by atoms with Crippen LogP contribution in [0, 0.1) is 22.2 Å². The number of aromatic carboxylic acids is 1. The lowest BCUT2D eigenvalue weighted by Gasteiger charge is -2.44. The Morgan fingerprint density at radius 3 is 2.46 bits per heavy atom. The second-order valence-corrected chi connectivity index (χ2v) is 9.21. The van der Waals surface area contributed by atoms with Crippen LogP contribution >= 0.6 is 0 Å². The summed E-state index contributed by atoms with van der Waals surface area (Å²) in [6.45, 7) is 9.05. The zero-order chi connectivity index (χ0) is 20.5. The second kappa shape index (κ2) is 7.27.